The van der Waals surface area contributed by atoms with Gasteiger partial charge in [0.25, 0.3) is 5.91 Å². The zero-order chi connectivity index (χ0) is 19.2. The molecule has 1 aliphatic heterocycles. The van der Waals surface area contributed by atoms with Crippen LogP contribution >= 0.6 is 11.6 Å². The summed E-state index contributed by atoms with van der Waals surface area (Å²) in [5, 5.41) is 0.650. The van der Waals surface area contributed by atoms with E-state index in [1.54, 1.807) is 9.80 Å². The number of halogens is 1. The molecule has 0 spiro atoms. The van der Waals surface area contributed by atoms with Gasteiger partial charge in [-0.2, -0.15) is 0 Å². The minimum Gasteiger partial charge on any atom is -0.367 e. The van der Waals surface area contributed by atoms with Gasteiger partial charge in [-0.1, -0.05) is 54.1 Å². The molecule has 0 bridgehead atoms. The molecule has 6 heteroatoms. The lowest BCUT2D eigenvalue weighted by molar-refractivity contribution is -0.142. The molecule has 3 rings (SSSR count). The molecule has 2 aromatic carbocycles. The molecule has 1 heterocycles. The van der Waals surface area contributed by atoms with Gasteiger partial charge in [-0.25, -0.2) is 0 Å². The van der Waals surface area contributed by atoms with E-state index < -0.39 is 6.10 Å². The molecule has 0 saturated carbocycles. The van der Waals surface area contributed by atoms with E-state index in [0.29, 0.717) is 37.6 Å². The summed E-state index contributed by atoms with van der Waals surface area (Å²) in [5.41, 5.74) is 1.80. The second-order valence-corrected chi connectivity index (χ2v) is 6.98. The van der Waals surface area contributed by atoms with E-state index in [0.717, 1.165) is 11.1 Å². The third-order valence-corrected chi connectivity index (χ3v) is 4.96. The van der Waals surface area contributed by atoms with E-state index in [-0.39, 0.29) is 11.8 Å². The number of amides is 2. The molecular weight excluding hydrogens is 364 g/mol. The molecule has 5 nitrogen and oxygen atoms in total. The predicted molar refractivity (Wildman–Crippen MR) is 104 cm³/mol. The van der Waals surface area contributed by atoms with E-state index in [9.17, 15) is 9.59 Å². The summed E-state index contributed by atoms with van der Waals surface area (Å²) >= 11 is 6.03. The molecule has 1 unspecified atom stereocenters. The second kappa shape index (κ2) is 9.02. The van der Waals surface area contributed by atoms with Crippen LogP contribution in [0, 0.1) is 0 Å². The lowest BCUT2D eigenvalue weighted by Crippen LogP contribution is -2.38. The zero-order valence-electron chi connectivity index (χ0n) is 15.3. The number of rotatable bonds is 5. The van der Waals surface area contributed by atoms with Crippen LogP contribution in [0.15, 0.2) is 54.6 Å². The number of methoxy groups -OCH3 is 1. The number of carbonyl (C=O) groups is 2. The first-order chi connectivity index (χ1) is 13.1. The highest BCUT2D eigenvalue weighted by molar-refractivity contribution is 6.30. The van der Waals surface area contributed by atoms with Gasteiger partial charge in [-0.3, -0.25) is 9.59 Å². The van der Waals surface area contributed by atoms with E-state index in [2.05, 4.69) is 0 Å². The average Bonchev–Trinajstić information content (AvgIpc) is 2.85. The minimum absolute atomic E-state index is 0.0407. The topological polar surface area (TPSA) is 49.9 Å². The van der Waals surface area contributed by atoms with Gasteiger partial charge >= 0.3 is 0 Å². The van der Waals surface area contributed by atoms with Crippen molar-refractivity contribution in [3.8, 4) is 0 Å². The lowest BCUT2D eigenvalue weighted by atomic mass is 10.1. The van der Waals surface area contributed by atoms with Crippen LogP contribution in [0.5, 0.6) is 0 Å². The van der Waals surface area contributed by atoms with Gasteiger partial charge in [-0.05, 0) is 23.3 Å². The van der Waals surface area contributed by atoms with Crippen LogP contribution in [0.3, 0.4) is 0 Å². The molecule has 142 valence electrons. The van der Waals surface area contributed by atoms with Crippen molar-refractivity contribution in [1.82, 2.24) is 9.80 Å². The summed E-state index contributed by atoms with van der Waals surface area (Å²) < 4.78 is 5.45. The Morgan fingerprint density at radius 1 is 1.11 bits per heavy atom. The number of hydrogen-bond donors (Lipinski definition) is 0. The van der Waals surface area contributed by atoms with Crippen LogP contribution in [0.2, 0.25) is 5.02 Å². The summed E-state index contributed by atoms with van der Waals surface area (Å²) in [7, 11) is 1.53. The fourth-order valence-corrected chi connectivity index (χ4v) is 3.50. The van der Waals surface area contributed by atoms with Gasteiger partial charge in [0.2, 0.25) is 5.91 Å². The molecule has 0 N–H and O–H groups in total. The Labute approximate surface area is 164 Å². The Morgan fingerprint density at radius 3 is 2.59 bits per heavy atom. The summed E-state index contributed by atoms with van der Waals surface area (Å²) in [4.78, 5) is 29.0. The summed E-state index contributed by atoms with van der Waals surface area (Å²) in [6, 6.07) is 16.9. The van der Waals surface area contributed by atoms with Crippen molar-refractivity contribution in [3.63, 3.8) is 0 Å². The minimum atomic E-state index is -0.652. The number of carbonyl (C=O) groups excluding carboxylic acids is 2. The van der Waals surface area contributed by atoms with E-state index in [1.807, 2.05) is 54.6 Å². The van der Waals surface area contributed by atoms with Crippen LogP contribution in [-0.2, 0) is 20.9 Å². The summed E-state index contributed by atoms with van der Waals surface area (Å²) in [5.74, 6) is -0.0694. The predicted octanol–water partition coefficient (Wildman–Crippen LogP) is 3.29. The number of ether oxygens (including phenoxy) is 1. The monoisotopic (exact) mass is 386 g/mol. The zero-order valence-corrected chi connectivity index (χ0v) is 16.1. The van der Waals surface area contributed by atoms with Gasteiger partial charge in [0.15, 0.2) is 6.10 Å². The van der Waals surface area contributed by atoms with Crippen molar-refractivity contribution in [3.05, 3.63) is 70.7 Å². The van der Waals surface area contributed by atoms with Crippen LogP contribution in [-0.4, -0.2) is 48.4 Å². The normalized spacial score (nSPS) is 16.1. The van der Waals surface area contributed by atoms with Gasteiger partial charge in [0, 0.05) is 44.7 Å². The SMILES string of the molecule is COC(C(=O)N1CCC(=O)N(Cc2cccc(Cl)c2)CC1)c1ccccc1. The maximum absolute atomic E-state index is 13.0. The largest absolute Gasteiger partial charge is 0.367 e. The van der Waals surface area contributed by atoms with Crippen LogP contribution in [0.4, 0.5) is 0 Å². The van der Waals surface area contributed by atoms with Crippen molar-refractivity contribution >= 4 is 23.4 Å². The first-order valence-corrected chi connectivity index (χ1v) is 9.35. The molecule has 0 aliphatic carbocycles. The maximum Gasteiger partial charge on any atom is 0.256 e. The Kier molecular flexibility index (Phi) is 6.48. The van der Waals surface area contributed by atoms with Crippen molar-refractivity contribution in [2.75, 3.05) is 26.7 Å². The van der Waals surface area contributed by atoms with Gasteiger partial charge in [-0.15, -0.1) is 0 Å². The highest BCUT2D eigenvalue weighted by atomic mass is 35.5. The maximum atomic E-state index is 13.0. The summed E-state index contributed by atoms with van der Waals surface area (Å²) in [6.45, 7) is 1.87. The third kappa shape index (κ3) is 4.87. The molecule has 0 aromatic heterocycles. The second-order valence-electron chi connectivity index (χ2n) is 6.55. The highest BCUT2D eigenvalue weighted by Crippen LogP contribution is 2.21. The van der Waals surface area contributed by atoms with Crippen molar-refractivity contribution in [2.24, 2.45) is 0 Å². The quantitative estimate of drug-likeness (QED) is 0.792. The number of nitrogens with zero attached hydrogens (tertiary/aromatic N) is 2. The first-order valence-electron chi connectivity index (χ1n) is 8.97. The van der Waals surface area contributed by atoms with Gasteiger partial charge in [0.1, 0.15) is 0 Å². The number of benzene rings is 2. The molecule has 1 saturated heterocycles. The molecule has 0 radical (unpaired) electrons. The van der Waals surface area contributed by atoms with Crippen LogP contribution < -0.4 is 0 Å². The van der Waals surface area contributed by atoms with E-state index >= 15 is 0 Å². The molecule has 2 amide bonds. The standard InChI is InChI=1S/C21H23ClN2O3/c1-27-20(17-7-3-2-4-8-17)21(26)23-11-10-19(25)24(13-12-23)15-16-6-5-9-18(22)14-16/h2-9,14,20H,10-13,15H2,1H3. The summed E-state index contributed by atoms with van der Waals surface area (Å²) in [6.07, 6.45) is -0.349. The fourth-order valence-electron chi connectivity index (χ4n) is 3.28. The molecule has 1 aliphatic rings. The average molecular weight is 387 g/mol. The Morgan fingerprint density at radius 2 is 1.89 bits per heavy atom. The molecule has 2 aromatic rings. The van der Waals surface area contributed by atoms with Crippen molar-refractivity contribution in [2.45, 2.75) is 19.1 Å². The third-order valence-electron chi connectivity index (χ3n) is 4.72. The lowest BCUT2D eigenvalue weighted by Gasteiger charge is -2.26. The van der Waals surface area contributed by atoms with Crippen LogP contribution in [0.1, 0.15) is 23.7 Å². The fraction of sp³-hybridized carbons (Fsp3) is 0.333. The molecular formula is C21H23ClN2O3. The van der Waals surface area contributed by atoms with Gasteiger partial charge < -0.3 is 14.5 Å². The van der Waals surface area contributed by atoms with E-state index in [1.165, 1.54) is 7.11 Å². The highest BCUT2D eigenvalue weighted by Gasteiger charge is 2.29. The molecule has 27 heavy (non-hydrogen) atoms. The first kappa shape index (κ1) is 19.4. The Balaban J connectivity index is 1.67. The van der Waals surface area contributed by atoms with Crippen molar-refractivity contribution < 1.29 is 14.3 Å². The van der Waals surface area contributed by atoms with Crippen molar-refractivity contribution in [1.29, 1.82) is 0 Å². The molecule has 1 atom stereocenters. The smallest absolute Gasteiger partial charge is 0.256 e. The molecule has 1 fully saturated rings. The Hall–Kier alpha value is -2.37. The Bertz CT molecular complexity index is 797. The van der Waals surface area contributed by atoms with Crippen LogP contribution in [0.25, 0.3) is 0 Å². The van der Waals surface area contributed by atoms with E-state index in [4.69, 9.17) is 16.3 Å². The number of hydrogen-bond acceptors (Lipinski definition) is 3. The van der Waals surface area contributed by atoms with Gasteiger partial charge in [0.05, 0.1) is 0 Å².